The van der Waals surface area contributed by atoms with E-state index in [4.69, 9.17) is 30.3 Å². The van der Waals surface area contributed by atoms with Crippen molar-refractivity contribution in [1.82, 2.24) is 5.16 Å². The molecule has 0 atom stereocenters. The smallest absolute Gasteiger partial charge is 0.331 e. The lowest BCUT2D eigenvalue weighted by Gasteiger charge is -2.07. The monoisotopic (exact) mass is 399 g/mol. The number of ether oxygens (including phenoxy) is 3. The normalized spacial score (nSPS) is 10.8. The lowest BCUT2D eigenvalue weighted by molar-refractivity contribution is -0.139. The highest BCUT2D eigenvalue weighted by Gasteiger charge is 2.09. The largest absolute Gasteiger partial charge is 0.493 e. The molecule has 0 bridgehead atoms. The third-order valence-electron chi connectivity index (χ3n) is 3.88. The van der Waals surface area contributed by atoms with Crippen LogP contribution in [-0.4, -0.2) is 25.3 Å². The molecule has 1 aromatic heterocycles. The summed E-state index contributed by atoms with van der Waals surface area (Å²) in [6.45, 7) is -0.0182. The summed E-state index contributed by atoms with van der Waals surface area (Å²) in [6, 6.07) is 14.3. The Morgan fingerprint density at radius 3 is 2.54 bits per heavy atom. The molecule has 0 fully saturated rings. The molecular formula is C21H18ClNO5. The van der Waals surface area contributed by atoms with E-state index in [2.05, 4.69) is 5.16 Å². The van der Waals surface area contributed by atoms with Gasteiger partial charge in [0.2, 0.25) is 0 Å². The highest BCUT2D eigenvalue weighted by molar-refractivity contribution is 6.30. The second kappa shape index (κ2) is 9.10. The van der Waals surface area contributed by atoms with Crippen LogP contribution in [0.2, 0.25) is 5.02 Å². The lowest BCUT2D eigenvalue weighted by Crippen LogP contribution is -1.99. The second-order valence-corrected chi connectivity index (χ2v) is 6.18. The summed E-state index contributed by atoms with van der Waals surface area (Å²) in [4.78, 5) is 11.9. The van der Waals surface area contributed by atoms with Gasteiger partial charge >= 0.3 is 5.97 Å². The zero-order chi connectivity index (χ0) is 19.9. The van der Waals surface area contributed by atoms with Crippen molar-refractivity contribution in [2.24, 2.45) is 0 Å². The number of carbonyl (C=O) groups is 1. The van der Waals surface area contributed by atoms with Gasteiger partial charge < -0.3 is 18.7 Å². The minimum Gasteiger partial charge on any atom is -0.493 e. The first-order chi connectivity index (χ1) is 13.6. The number of rotatable bonds is 7. The van der Waals surface area contributed by atoms with Gasteiger partial charge in [0.15, 0.2) is 23.9 Å². The van der Waals surface area contributed by atoms with E-state index < -0.39 is 5.97 Å². The van der Waals surface area contributed by atoms with Crippen molar-refractivity contribution in [1.29, 1.82) is 0 Å². The van der Waals surface area contributed by atoms with Gasteiger partial charge in [-0.1, -0.05) is 35.0 Å². The van der Waals surface area contributed by atoms with E-state index >= 15 is 0 Å². The zero-order valence-electron chi connectivity index (χ0n) is 15.3. The van der Waals surface area contributed by atoms with Crippen LogP contribution in [0.25, 0.3) is 17.3 Å². The topological polar surface area (TPSA) is 70.8 Å². The average Bonchev–Trinajstić information content (AvgIpc) is 3.20. The molecule has 0 unspecified atom stereocenters. The Balaban J connectivity index is 1.57. The van der Waals surface area contributed by atoms with Gasteiger partial charge in [0.1, 0.15) is 5.69 Å². The summed E-state index contributed by atoms with van der Waals surface area (Å²) in [7, 11) is 3.11. The Morgan fingerprint density at radius 1 is 1.07 bits per heavy atom. The number of hydrogen-bond acceptors (Lipinski definition) is 6. The number of aromatic nitrogens is 1. The number of hydrogen-bond donors (Lipinski definition) is 0. The van der Waals surface area contributed by atoms with Gasteiger partial charge in [-0.2, -0.15) is 0 Å². The Kier molecular flexibility index (Phi) is 6.34. The molecule has 0 amide bonds. The van der Waals surface area contributed by atoms with Crippen LogP contribution in [0, 0.1) is 0 Å². The molecule has 0 aliphatic carbocycles. The van der Waals surface area contributed by atoms with E-state index in [9.17, 15) is 4.79 Å². The Bertz CT molecular complexity index is 979. The summed E-state index contributed by atoms with van der Waals surface area (Å²) in [5, 5.41) is 4.61. The molecule has 2 aromatic carbocycles. The predicted octanol–water partition coefficient (Wildman–Crippen LogP) is 4.77. The average molecular weight is 400 g/mol. The Hall–Kier alpha value is -3.25. The third-order valence-corrected chi connectivity index (χ3v) is 4.13. The van der Waals surface area contributed by atoms with Crippen molar-refractivity contribution in [2.45, 2.75) is 6.61 Å². The van der Waals surface area contributed by atoms with E-state index in [0.29, 0.717) is 28.0 Å². The van der Waals surface area contributed by atoms with Gasteiger partial charge in [0, 0.05) is 22.7 Å². The maximum atomic E-state index is 11.9. The van der Waals surface area contributed by atoms with Gasteiger partial charge in [0.05, 0.1) is 14.2 Å². The van der Waals surface area contributed by atoms with Crippen LogP contribution in [0.4, 0.5) is 0 Å². The lowest BCUT2D eigenvalue weighted by atomic mass is 10.1. The highest BCUT2D eigenvalue weighted by atomic mass is 35.5. The fraction of sp³-hybridized carbons (Fsp3) is 0.143. The molecule has 0 aliphatic heterocycles. The van der Waals surface area contributed by atoms with Crippen LogP contribution in [0.1, 0.15) is 11.3 Å². The fourth-order valence-corrected chi connectivity index (χ4v) is 2.57. The molecule has 0 saturated heterocycles. The van der Waals surface area contributed by atoms with E-state index in [-0.39, 0.29) is 6.61 Å². The minimum atomic E-state index is -0.501. The molecule has 0 spiro atoms. The van der Waals surface area contributed by atoms with Gasteiger partial charge in [0.25, 0.3) is 0 Å². The molecule has 6 nitrogen and oxygen atoms in total. The molecule has 28 heavy (non-hydrogen) atoms. The summed E-state index contributed by atoms with van der Waals surface area (Å²) in [5.74, 6) is 1.13. The number of methoxy groups -OCH3 is 2. The van der Waals surface area contributed by atoms with Crippen LogP contribution < -0.4 is 9.47 Å². The van der Waals surface area contributed by atoms with Gasteiger partial charge in [-0.3, -0.25) is 0 Å². The number of nitrogens with zero attached hydrogens (tertiary/aromatic N) is 1. The van der Waals surface area contributed by atoms with Crippen LogP contribution in [0.5, 0.6) is 11.5 Å². The summed E-state index contributed by atoms with van der Waals surface area (Å²) in [5.41, 5.74) is 2.28. The van der Waals surface area contributed by atoms with Crippen molar-refractivity contribution in [3.8, 4) is 22.8 Å². The maximum Gasteiger partial charge on any atom is 0.331 e. The van der Waals surface area contributed by atoms with Crippen molar-refractivity contribution in [2.75, 3.05) is 14.2 Å². The van der Waals surface area contributed by atoms with Crippen molar-refractivity contribution in [3.05, 3.63) is 71.0 Å². The molecule has 0 saturated carbocycles. The maximum absolute atomic E-state index is 11.9. The number of esters is 1. The van der Waals surface area contributed by atoms with Crippen molar-refractivity contribution in [3.63, 3.8) is 0 Å². The fourth-order valence-electron chi connectivity index (χ4n) is 2.45. The van der Waals surface area contributed by atoms with Gasteiger partial charge in [-0.05, 0) is 35.9 Å². The Labute approximate surface area is 167 Å². The standard InChI is InChI=1S/C21H18ClNO5/c1-25-19-9-3-14(11-20(19)26-2)4-10-21(24)27-13-17-12-18(23-28-17)15-5-7-16(22)8-6-15/h3-12H,13H2,1-2H3/b10-4+. The van der Waals surface area contributed by atoms with E-state index in [1.165, 1.54) is 6.08 Å². The molecule has 144 valence electrons. The number of carbonyl (C=O) groups excluding carboxylic acids is 1. The van der Waals surface area contributed by atoms with Crippen LogP contribution in [0.3, 0.4) is 0 Å². The first-order valence-electron chi connectivity index (χ1n) is 8.37. The predicted molar refractivity (Wildman–Crippen MR) is 105 cm³/mol. The first kappa shape index (κ1) is 19.5. The van der Waals surface area contributed by atoms with Crippen LogP contribution >= 0.6 is 11.6 Å². The quantitative estimate of drug-likeness (QED) is 0.421. The molecule has 7 heteroatoms. The van der Waals surface area contributed by atoms with Gasteiger partial charge in [-0.15, -0.1) is 0 Å². The van der Waals surface area contributed by atoms with Crippen molar-refractivity contribution < 1.29 is 23.5 Å². The highest BCUT2D eigenvalue weighted by Crippen LogP contribution is 2.28. The number of halogens is 1. The van der Waals surface area contributed by atoms with E-state index in [0.717, 1.165) is 11.1 Å². The SMILES string of the molecule is COc1ccc(/C=C/C(=O)OCc2cc(-c3ccc(Cl)cc3)no2)cc1OC. The summed E-state index contributed by atoms with van der Waals surface area (Å²) < 4.78 is 20.8. The minimum absolute atomic E-state index is 0.0182. The van der Waals surface area contributed by atoms with Crippen LogP contribution in [0.15, 0.2) is 59.1 Å². The molecule has 1 heterocycles. The summed E-state index contributed by atoms with van der Waals surface area (Å²) in [6.07, 6.45) is 2.96. The van der Waals surface area contributed by atoms with Crippen LogP contribution in [-0.2, 0) is 16.1 Å². The number of benzene rings is 2. The van der Waals surface area contributed by atoms with E-state index in [1.807, 2.05) is 12.1 Å². The molecule has 3 aromatic rings. The molecule has 0 N–H and O–H groups in total. The Morgan fingerprint density at radius 2 is 1.82 bits per heavy atom. The molecule has 3 rings (SSSR count). The van der Waals surface area contributed by atoms with Gasteiger partial charge in [-0.25, -0.2) is 4.79 Å². The third kappa shape index (κ3) is 4.92. The molecule has 0 radical (unpaired) electrons. The molecule has 0 aliphatic rings. The second-order valence-electron chi connectivity index (χ2n) is 5.74. The van der Waals surface area contributed by atoms with Crippen molar-refractivity contribution >= 4 is 23.6 Å². The van der Waals surface area contributed by atoms with E-state index in [1.54, 1.807) is 56.7 Å². The first-order valence-corrected chi connectivity index (χ1v) is 8.75. The molecular weight excluding hydrogens is 382 g/mol. The zero-order valence-corrected chi connectivity index (χ0v) is 16.1. The summed E-state index contributed by atoms with van der Waals surface area (Å²) >= 11 is 5.87.